The minimum atomic E-state index is 0.589. The molecule has 3 aromatic rings. The molecular formula is C22H26N4S. The number of piperidine rings is 3. The van der Waals surface area contributed by atoms with Gasteiger partial charge in [-0.3, -0.25) is 0 Å². The molecule has 27 heavy (non-hydrogen) atoms. The van der Waals surface area contributed by atoms with Crippen molar-refractivity contribution in [2.75, 3.05) is 19.6 Å². The highest BCUT2D eigenvalue weighted by atomic mass is 32.1. The average molecular weight is 379 g/mol. The maximum Gasteiger partial charge on any atom is 0.141 e. The molecule has 5 heterocycles. The van der Waals surface area contributed by atoms with E-state index in [4.69, 9.17) is 5.73 Å². The van der Waals surface area contributed by atoms with Gasteiger partial charge in [0.15, 0.2) is 0 Å². The van der Waals surface area contributed by atoms with Gasteiger partial charge in [-0.2, -0.15) is 0 Å². The first-order valence-corrected chi connectivity index (χ1v) is 10.8. The van der Waals surface area contributed by atoms with Crippen LogP contribution in [0.4, 0.5) is 5.69 Å². The molecule has 5 heteroatoms. The Bertz CT molecular complexity index is 948. The van der Waals surface area contributed by atoms with Crippen LogP contribution in [-0.2, 0) is 6.54 Å². The van der Waals surface area contributed by atoms with Crippen LogP contribution in [0.15, 0.2) is 53.0 Å². The van der Waals surface area contributed by atoms with Gasteiger partial charge in [0.25, 0.3) is 0 Å². The minimum absolute atomic E-state index is 0.589. The van der Waals surface area contributed by atoms with E-state index in [-0.39, 0.29) is 0 Å². The van der Waals surface area contributed by atoms with Gasteiger partial charge in [-0.05, 0) is 79.9 Å². The molecule has 0 saturated carbocycles. The van der Waals surface area contributed by atoms with E-state index in [9.17, 15) is 0 Å². The number of hydrogen-bond donors (Lipinski definition) is 1. The maximum atomic E-state index is 6.13. The quantitative estimate of drug-likeness (QED) is 0.526. The van der Waals surface area contributed by atoms with Crippen LogP contribution in [-0.4, -0.2) is 34.9 Å². The third-order valence-electron chi connectivity index (χ3n) is 6.31. The van der Waals surface area contributed by atoms with Gasteiger partial charge in [0.1, 0.15) is 5.84 Å². The number of nitrogens with two attached hydrogens (primary N) is 1. The van der Waals surface area contributed by atoms with Crippen molar-refractivity contribution in [2.45, 2.75) is 25.8 Å². The van der Waals surface area contributed by atoms with Crippen LogP contribution in [0.2, 0.25) is 0 Å². The summed E-state index contributed by atoms with van der Waals surface area (Å²) in [6.07, 6.45) is 6.33. The van der Waals surface area contributed by atoms with Crippen LogP contribution in [0.25, 0.3) is 10.9 Å². The van der Waals surface area contributed by atoms with Crippen LogP contribution >= 0.6 is 11.3 Å². The predicted octanol–water partition coefficient (Wildman–Crippen LogP) is 4.47. The van der Waals surface area contributed by atoms with E-state index in [1.807, 2.05) is 17.5 Å². The molecule has 6 rings (SSSR count). The molecule has 0 amide bonds. The summed E-state index contributed by atoms with van der Waals surface area (Å²) in [5.74, 6) is 2.42. The second-order valence-corrected chi connectivity index (χ2v) is 8.86. The average Bonchev–Trinajstić information content (AvgIpc) is 3.37. The zero-order chi connectivity index (χ0) is 18.2. The molecule has 0 spiro atoms. The van der Waals surface area contributed by atoms with Crippen molar-refractivity contribution in [1.29, 1.82) is 0 Å². The molecule has 3 aliphatic rings. The van der Waals surface area contributed by atoms with Crippen molar-refractivity contribution in [3.05, 3.63) is 52.9 Å². The lowest BCUT2D eigenvalue weighted by atomic mass is 9.77. The summed E-state index contributed by atoms with van der Waals surface area (Å²) in [6.45, 7) is 5.07. The molecule has 1 atom stereocenters. The Hall–Kier alpha value is -2.11. The smallest absolute Gasteiger partial charge is 0.141 e. The molecule has 1 unspecified atom stereocenters. The van der Waals surface area contributed by atoms with Crippen molar-refractivity contribution in [3.8, 4) is 0 Å². The van der Waals surface area contributed by atoms with Crippen molar-refractivity contribution in [2.24, 2.45) is 22.6 Å². The largest absolute Gasteiger partial charge is 0.383 e. The Balaban J connectivity index is 1.31. The van der Waals surface area contributed by atoms with Gasteiger partial charge in [0, 0.05) is 30.2 Å². The lowest BCUT2D eigenvalue weighted by Crippen LogP contribution is -2.47. The molecule has 2 N–H and O–H groups in total. The molecule has 3 saturated heterocycles. The number of fused-ring (bicyclic) bond motifs is 4. The molecule has 1 aromatic carbocycles. The molecule has 4 nitrogen and oxygen atoms in total. The van der Waals surface area contributed by atoms with Crippen LogP contribution in [0.5, 0.6) is 0 Å². The van der Waals surface area contributed by atoms with Crippen LogP contribution in [0.1, 0.15) is 24.1 Å². The highest BCUT2D eigenvalue weighted by molar-refractivity contribution is 7.12. The molecule has 0 aliphatic carbocycles. The van der Waals surface area contributed by atoms with Crippen molar-refractivity contribution in [3.63, 3.8) is 0 Å². The van der Waals surface area contributed by atoms with Gasteiger partial charge in [-0.1, -0.05) is 6.07 Å². The van der Waals surface area contributed by atoms with E-state index in [1.54, 1.807) is 11.3 Å². The van der Waals surface area contributed by atoms with E-state index in [0.717, 1.165) is 28.9 Å². The lowest BCUT2D eigenvalue weighted by molar-refractivity contribution is 0.0447. The summed E-state index contributed by atoms with van der Waals surface area (Å²) in [5.41, 5.74) is 8.35. The van der Waals surface area contributed by atoms with Crippen LogP contribution in [0.3, 0.4) is 0 Å². The number of amidine groups is 1. The van der Waals surface area contributed by atoms with E-state index >= 15 is 0 Å². The summed E-state index contributed by atoms with van der Waals surface area (Å²) >= 11 is 1.62. The molecule has 2 aromatic heterocycles. The Morgan fingerprint density at radius 3 is 2.81 bits per heavy atom. The number of hydrogen-bond acceptors (Lipinski definition) is 3. The van der Waals surface area contributed by atoms with Crippen LogP contribution in [0, 0.1) is 11.8 Å². The molecule has 3 aliphatic heterocycles. The molecule has 140 valence electrons. The Labute approximate surface area is 164 Å². The number of benzene rings is 1. The number of nitrogens with zero attached hydrogens (tertiary/aromatic N) is 3. The topological polar surface area (TPSA) is 46.5 Å². The number of thiophene rings is 1. The Kier molecular flexibility index (Phi) is 4.50. The predicted molar refractivity (Wildman–Crippen MR) is 114 cm³/mol. The lowest BCUT2D eigenvalue weighted by Gasteiger charge is -2.45. The molecule has 2 bridgehead atoms. The fourth-order valence-electron chi connectivity index (χ4n) is 4.79. The third kappa shape index (κ3) is 3.42. The number of aliphatic imine (C=N–C) groups is 1. The first-order valence-electron chi connectivity index (χ1n) is 9.95. The van der Waals surface area contributed by atoms with Crippen molar-refractivity contribution in [1.82, 2.24) is 9.47 Å². The molecule has 3 fully saturated rings. The minimum Gasteiger partial charge on any atom is -0.383 e. The SMILES string of the molecule is NC(=Nc1ccc2c(ccn2CCC2CN3CCC2CC3)c1)c1cccs1. The summed E-state index contributed by atoms with van der Waals surface area (Å²) in [6, 6.07) is 12.6. The molecular weight excluding hydrogens is 352 g/mol. The first kappa shape index (κ1) is 17.0. The number of aryl methyl sites for hydroxylation is 1. The standard InChI is InChI=1S/C22H26N4S/c23-22(21-2-1-13-27-21)24-19-3-4-20-17(14-19)7-11-26(20)12-8-18-15-25-9-5-16(18)6-10-25/h1-4,7,11,13-14,16,18H,5-6,8-10,12,15H2,(H2,23,24). The summed E-state index contributed by atoms with van der Waals surface area (Å²) < 4.78 is 2.41. The monoisotopic (exact) mass is 378 g/mol. The number of rotatable bonds is 5. The van der Waals surface area contributed by atoms with Gasteiger partial charge < -0.3 is 15.2 Å². The molecule has 0 radical (unpaired) electrons. The zero-order valence-corrected chi connectivity index (χ0v) is 16.4. The van der Waals surface area contributed by atoms with Gasteiger partial charge >= 0.3 is 0 Å². The van der Waals surface area contributed by atoms with Gasteiger partial charge in [0.2, 0.25) is 0 Å². The van der Waals surface area contributed by atoms with E-state index in [1.165, 1.54) is 49.8 Å². The number of aromatic nitrogens is 1. The highest BCUT2D eigenvalue weighted by Gasteiger charge is 2.33. The van der Waals surface area contributed by atoms with Crippen molar-refractivity contribution >= 4 is 33.8 Å². The van der Waals surface area contributed by atoms with Gasteiger partial charge in [-0.25, -0.2) is 4.99 Å². The Morgan fingerprint density at radius 1 is 1.19 bits per heavy atom. The second-order valence-electron chi connectivity index (χ2n) is 7.91. The fraction of sp³-hybridized carbons (Fsp3) is 0.409. The summed E-state index contributed by atoms with van der Waals surface area (Å²) in [4.78, 5) is 8.27. The Morgan fingerprint density at radius 2 is 2.07 bits per heavy atom. The van der Waals surface area contributed by atoms with E-state index < -0.39 is 0 Å². The highest BCUT2D eigenvalue weighted by Crippen LogP contribution is 2.35. The second kappa shape index (κ2) is 7.13. The van der Waals surface area contributed by atoms with E-state index in [0.29, 0.717) is 5.84 Å². The zero-order valence-electron chi connectivity index (χ0n) is 15.6. The summed E-state index contributed by atoms with van der Waals surface area (Å²) in [5, 5.41) is 3.26. The van der Waals surface area contributed by atoms with Crippen LogP contribution < -0.4 is 5.73 Å². The van der Waals surface area contributed by atoms with Gasteiger partial charge in [0.05, 0.1) is 10.6 Å². The summed E-state index contributed by atoms with van der Waals surface area (Å²) in [7, 11) is 0. The maximum absolute atomic E-state index is 6.13. The third-order valence-corrected chi connectivity index (χ3v) is 7.20. The van der Waals surface area contributed by atoms with E-state index in [2.05, 4.69) is 44.9 Å². The fourth-order valence-corrected chi connectivity index (χ4v) is 5.42. The van der Waals surface area contributed by atoms with Gasteiger partial charge in [-0.15, -0.1) is 11.3 Å². The first-order chi connectivity index (χ1) is 13.3. The normalized spacial score (nSPS) is 25.3. The van der Waals surface area contributed by atoms with Crippen molar-refractivity contribution < 1.29 is 0 Å².